The lowest BCUT2D eigenvalue weighted by atomic mass is 10.1. The molecule has 1 aliphatic heterocycles. The Labute approximate surface area is 71.5 Å². The van der Waals surface area contributed by atoms with Crippen LogP contribution < -0.4 is 0 Å². The van der Waals surface area contributed by atoms with Crippen molar-refractivity contribution in [3.05, 3.63) is 0 Å². The van der Waals surface area contributed by atoms with E-state index < -0.39 is 6.10 Å². The zero-order valence-electron chi connectivity index (χ0n) is 7.53. The zero-order chi connectivity index (χ0) is 9.30. The van der Waals surface area contributed by atoms with Crippen LogP contribution in [0.2, 0.25) is 0 Å². The van der Waals surface area contributed by atoms with Crippen molar-refractivity contribution in [1.29, 1.82) is 0 Å². The first-order valence-corrected chi connectivity index (χ1v) is 3.97. The fourth-order valence-corrected chi connectivity index (χ4v) is 1.14. The highest BCUT2D eigenvalue weighted by Crippen LogP contribution is 2.14. The Morgan fingerprint density at radius 3 is 2.58 bits per heavy atom. The molecule has 1 saturated heterocycles. The minimum Gasteiger partial charge on any atom is -0.451 e. The number of hydrogen-bond donors (Lipinski definition) is 0. The molecule has 1 unspecified atom stereocenters. The second-order valence-electron chi connectivity index (χ2n) is 3.35. The SMILES string of the molecule is CC(C)C1OC(=O)CN(C)C1=O. The van der Waals surface area contributed by atoms with Gasteiger partial charge < -0.3 is 9.64 Å². The van der Waals surface area contributed by atoms with Gasteiger partial charge in [-0.2, -0.15) is 0 Å². The molecule has 1 amide bonds. The summed E-state index contributed by atoms with van der Waals surface area (Å²) in [5.74, 6) is -0.385. The van der Waals surface area contributed by atoms with E-state index in [9.17, 15) is 9.59 Å². The minimum absolute atomic E-state index is 0.0456. The van der Waals surface area contributed by atoms with Crippen molar-refractivity contribution in [2.45, 2.75) is 20.0 Å². The number of likely N-dealkylation sites (N-methyl/N-ethyl adjacent to an activating group) is 1. The number of amides is 1. The van der Waals surface area contributed by atoms with E-state index in [2.05, 4.69) is 0 Å². The number of carbonyl (C=O) groups excluding carboxylic acids is 2. The molecule has 68 valence electrons. The second-order valence-corrected chi connectivity index (χ2v) is 3.35. The van der Waals surface area contributed by atoms with Crippen molar-refractivity contribution in [2.24, 2.45) is 5.92 Å². The Morgan fingerprint density at radius 2 is 2.08 bits per heavy atom. The van der Waals surface area contributed by atoms with E-state index >= 15 is 0 Å². The van der Waals surface area contributed by atoms with Gasteiger partial charge in [0.15, 0.2) is 6.10 Å². The molecule has 1 fully saturated rings. The normalized spacial score (nSPS) is 24.7. The number of carbonyl (C=O) groups is 2. The van der Waals surface area contributed by atoms with E-state index in [-0.39, 0.29) is 24.3 Å². The molecule has 12 heavy (non-hydrogen) atoms. The third-order valence-electron chi connectivity index (χ3n) is 1.85. The Morgan fingerprint density at radius 1 is 1.50 bits per heavy atom. The molecule has 0 aromatic heterocycles. The van der Waals surface area contributed by atoms with E-state index in [1.165, 1.54) is 4.90 Å². The summed E-state index contributed by atoms with van der Waals surface area (Å²) in [5, 5.41) is 0. The highest BCUT2D eigenvalue weighted by Gasteiger charge is 2.34. The maximum Gasteiger partial charge on any atom is 0.326 e. The lowest BCUT2D eigenvalue weighted by Crippen LogP contribution is -2.50. The summed E-state index contributed by atoms with van der Waals surface area (Å²) in [7, 11) is 1.61. The Hall–Kier alpha value is -1.06. The van der Waals surface area contributed by atoms with Gasteiger partial charge in [-0.15, -0.1) is 0 Å². The summed E-state index contributed by atoms with van der Waals surface area (Å²) in [4.78, 5) is 23.7. The smallest absolute Gasteiger partial charge is 0.326 e. The van der Waals surface area contributed by atoms with Crippen molar-refractivity contribution in [3.63, 3.8) is 0 Å². The van der Waals surface area contributed by atoms with Gasteiger partial charge in [-0.3, -0.25) is 9.59 Å². The molecule has 1 aliphatic rings. The largest absolute Gasteiger partial charge is 0.451 e. The summed E-state index contributed by atoms with van der Waals surface area (Å²) in [5.41, 5.74) is 0. The van der Waals surface area contributed by atoms with Crippen LogP contribution in [0, 0.1) is 5.92 Å². The average Bonchev–Trinajstić information content (AvgIpc) is 1.96. The number of ether oxygens (including phenoxy) is 1. The van der Waals surface area contributed by atoms with Crippen LogP contribution in [-0.4, -0.2) is 36.5 Å². The third-order valence-corrected chi connectivity index (χ3v) is 1.85. The molecular formula is C8H13NO3. The topological polar surface area (TPSA) is 46.6 Å². The predicted molar refractivity (Wildman–Crippen MR) is 42.4 cm³/mol. The molecule has 1 heterocycles. The van der Waals surface area contributed by atoms with E-state index in [0.29, 0.717) is 0 Å². The van der Waals surface area contributed by atoms with Gasteiger partial charge in [-0.1, -0.05) is 13.8 Å². The van der Waals surface area contributed by atoms with Crippen LogP contribution in [0.1, 0.15) is 13.8 Å². The van der Waals surface area contributed by atoms with Crippen LogP contribution in [0.25, 0.3) is 0 Å². The standard InChI is InChI=1S/C8H13NO3/c1-5(2)7-8(11)9(3)4-6(10)12-7/h5,7H,4H2,1-3H3. The Balaban J connectivity index is 2.73. The molecule has 0 spiro atoms. The van der Waals surface area contributed by atoms with Gasteiger partial charge in [-0.25, -0.2) is 0 Å². The molecule has 1 atom stereocenters. The van der Waals surface area contributed by atoms with Gasteiger partial charge in [0.1, 0.15) is 6.54 Å². The van der Waals surface area contributed by atoms with Crippen molar-refractivity contribution in [2.75, 3.05) is 13.6 Å². The van der Waals surface area contributed by atoms with Crippen molar-refractivity contribution in [1.82, 2.24) is 4.90 Å². The summed E-state index contributed by atoms with van der Waals surface area (Å²) in [6.45, 7) is 3.78. The summed E-state index contributed by atoms with van der Waals surface area (Å²) in [6, 6.07) is 0. The van der Waals surface area contributed by atoms with E-state index in [1.54, 1.807) is 7.05 Å². The number of cyclic esters (lactones) is 1. The fourth-order valence-electron chi connectivity index (χ4n) is 1.14. The van der Waals surface area contributed by atoms with Crippen LogP contribution in [0.3, 0.4) is 0 Å². The zero-order valence-corrected chi connectivity index (χ0v) is 7.53. The maximum atomic E-state index is 11.4. The first-order valence-electron chi connectivity index (χ1n) is 3.97. The van der Waals surface area contributed by atoms with Crippen molar-refractivity contribution >= 4 is 11.9 Å². The molecular weight excluding hydrogens is 158 g/mol. The second kappa shape index (κ2) is 3.13. The number of rotatable bonds is 1. The first kappa shape index (κ1) is 9.03. The lowest BCUT2D eigenvalue weighted by Gasteiger charge is -2.30. The molecule has 0 bridgehead atoms. The Bertz CT molecular complexity index is 212. The van der Waals surface area contributed by atoms with Crippen LogP contribution in [0.4, 0.5) is 0 Å². The fraction of sp³-hybridized carbons (Fsp3) is 0.750. The molecule has 0 N–H and O–H groups in total. The summed E-state index contributed by atoms with van der Waals surface area (Å²) in [6.07, 6.45) is -0.587. The van der Waals surface area contributed by atoms with Gasteiger partial charge in [0.25, 0.3) is 5.91 Å². The van der Waals surface area contributed by atoms with E-state index in [1.807, 2.05) is 13.8 Å². The molecule has 0 radical (unpaired) electrons. The van der Waals surface area contributed by atoms with Crippen LogP contribution >= 0.6 is 0 Å². The summed E-state index contributed by atoms with van der Waals surface area (Å²) < 4.78 is 4.90. The maximum absolute atomic E-state index is 11.4. The highest BCUT2D eigenvalue weighted by molar-refractivity contribution is 5.90. The van der Waals surface area contributed by atoms with E-state index in [0.717, 1.165) is 0 Å². The number of morpholine rings is 1. The monoisotopic (exact) mass is 171 g/mol. The lowest BCUT2D eigenvalue weighted by molar-refractivity contribution is -0.173. The predicted octanol–water partition coefficient (Wildman–Crippen LogP) is 0.0262. The molecule has 4 nitrogen and oxygen atoms in total. The number of hydrogen-bond acceptors (Lipinski definition) is 3. The van der Waals surface area contributed by atoms with Crippen molar-refractivity contribution in [3.8, 4) is 0 Å². The first-order chi connectivity index (χ1) is 5.52. The molecule has 0 saturated carbocycles. The molecule has 1 rings (SSSR count). The van der Waals surface area contributed by atoms with E-state index in [4.69, 9.17) is 4.74 Å². The van der Waals surface area contributed by atoms with Crippen LogP contribution in [-0.2, 0) is 14.3 Å². The van der Waals surface area contributed by atoms with Gasteiger partial charge in [-0.05, 0) is 5.92 Å². The van der Waals surface area contributed by atoms with Gasteiger partial charge in [0.2, 0.25) is 0 Å². The Kier molecular flexibility index (Phi) is 2.35. The molecule has 0 aliphatic carbocycles. The average molecular weight is 171 g/mol. The third kappa shape index (κ3) is 1.57. The van der Waals surface area contributed by atoms with Crippen LogP contribution in [0.15, 0.2) is 0 Å². The minimum atomic E-state index is -0.587. The number of nitrogens with zero attached hydrogens (tertiary/aromatic N) is 1. The quantitative estimate of drug-likeness (QED) is 0.523. The van der Waals surface area contributed by atoms with Crippen molar-refractivity contribution < 1.29 is 14.3 Å². The van der Waals surface area contributed by atoms with Crippen LogP contribution in [0.5, 0.6) is 0 Å². The van der Waals surface area contributed by atoms with Gasteiger partial charge in [0.05, 0.1) is 0 Å². The summed E-state index contributed by atoms with van der Waals surface area (Å²) >= 11 is 0. The molecule has 4 heteroatoms. The van der Waals surface area contributed by atoms with Gasteiger partial charge in [0, 0.05) is 7.05 Å². The molecule has 0 aromatic carbocycles. The number of esters is 1. The highest BCUT2D eigenvalue weighted by atomic mass is 16.6. The molecule has 0 aromatic rings. The van der Waals surface area contributed by atoms with Gasteiger partial charge >= 0.3 is 5.97 Å².